The maximum Gasteiger partial charge on any atom is 0.414 e. The molecule has 15 heteroatoms. The summed E-state index contributed by atoms with van der Waals surface area (Å²) in [7, 11) is 0. The van der Waals surface area contributed by atoms with Gasteiger partial charge in [-0.25, -0.2) is 23.8 Å². The van der Waals surface area contributed by atoms with Crippen LogP contribution in [-0.4, -0.2) is 87.9 Å². The molecule has 1 aliphatic heterocycles. The van der Waals surface area contributed by atoms with E-state index in [2.05, 4.69) is 15.9 Å². The van der Waals surface area contributed by atoms with E-state index < -0.39 is 35.8 Å². The van der Waals surface area contributed by atoms with Gasteiger partial charge in [-0.3, -0.25) is 19.9 Å². The quantitative estimate of drug-likeness (QED) is 0.274. The van der Waals surface area contributed by atoms with Crippen molar-refractivity contribution in [2.75, 3.05) is 38.1 Å². The molecule has 234 valence electrons. The number of hydrogen-bond acceptors (Lipinski definition) is 8. The predicted molar refractivity (Wildman–Crippen MR) is 152 cm³/mol. The second-order valence-electron chi connectivity index (χ2n) is 9.95. The van der Waals surface area contributed by atoms with Crippen molar-refractivity contribution in [2.24, 2.45) is 0 Å². The fourth-order valence-electron chi connectivity index (χ4n) is 4.62. The van der Waals surface area contributed by atoms with E-state index in [1.54, 1.807) is 0 Å². The Morgan fingerprint density at radius 3 is 2.43 bits per heavy atom. The first kappa shape index (κ1) is 31.9. The van der Waals surface area contributed by atoms with Crippen LogP contribution in [0.5, 0.6) is 0 Å². The lowest BCUT2D eigenvalue weighted by atomic mass is 10.1. The number of anilines is 1. The molecule has 1 aromatic heterocycles. The highest BCUT2D eigenvalue weighted by Crippen LogP contribution is 2.21. The number of ether oxygens (including phenoxy) is 1. The smallest absolute Gasteiger partial charge is 0.414 e. The maximum atomic E-state index is 14.3. The van der Waals surface area contributed by atoms with Crippen molar-refractivity contribution in [1.82, 2.24) is 25.4 Å². The molecule has 1 fully saturated rings. The molecule has 3 N–H and O–H groups in total. The van der Waals surface area contributed by atoms with Gasteiger partial charge in [0.05, 0.1) is 6.04 Å². The van der Waals surface area contributed by atoms with Gasteiger partial charge in [-0.1, -0.05) is 47.6 Å². The first-order valence-electron chi connectivity index (χ1n) is 13.8. The lowest BCUT2D eigenvalue weighted by molar-refractivity contribution is -0.139. The van der Waals surface area contributed by atoms with Gasteiger partial charge in [-0.15, -0.1) is 0 Å². The molecule has 4 amide bonds. The number of carbonyl (C=O) groups is 4. The molecular formula is C29H32F2N6O7. The predicted octanol–water partition coefficient (Wildman–Crippen LogP) is 3.69. The number of halogens is 2. The van der Waals surface area contributed by atoms with Gasteiger partial charge in [0.2, 0.25) is 17.7 Å². The highest BCUT2D eigenvalue weighted by molar-refractivity contribution is 5.83. The molecule has 0 radical (unpaired) electrons. The van der Waals surface area contributed by atoms with Crippen LogP contribution in [0.1, 0.15) is 25.3 Å². The van der Waals surface area contributed by atoms with E-state index in [1.165, 1.54) is 34.9 Å². The third kappa shape index (κ3) is 8.50. The molecule has 0 aliphatic carbocycles. The van der Waals surface area contributed by atoms with Gasteiger partial charge in [-0.2, -0.15) is 0 Å². The van der Waals surface area contributed by atoms with Crippen LogP contribution in [0.3, 0.4) is 0 Å². The first-order valence-corrected chi connectivity index (χ1v) is 13.8. The molecule has 0 saturated carbocycles. The average molecular weight is 615 g/mol. The molecule has 44 heavy (non-hydrogen) atoms. The van der Waals surface area contributed by atoms with Crippen LogP contribution < -0.4 is 10.7 Å². The van der Waals surface area contributed by atoms with Gasteiger partial charge < -0.3 is 24.2 Å². The lowest BCUT2D eigenvalue weighted by Crippen LogP contribution is -2.52. The molecule has 0 bridgehead atoms. The van der Waals surface area contributed by atoms with Crippen molar-refractivity contribution in [3.63, 3.8) is 0 Å². The lowest BCUT2D eigenvalue weighted by Gasteiger charge is -2.34. The zero-order valence-electron chi connectivity index (χ0n) is 23.9. The summed E-state index contributed by atoms with van der Waals surface area (Å²) in [5.41, 5.74) is 3.97. The zero-order valence-corrected chi connectivity index (χ0v) is 23.9. The van der Waals surface area contributed by atoms with E-state index in [0.29, 0.717) is 5.69 Å². The molecule has 4 rings (SSSR count). The number of benzene rings is 2. The Balaban J connectivity index is 1.41. The largest absolute Gasteiger partial charge is 0.465 e. The molecule has 1 saturated heterocycles. The molecule has 3 aromatic rings. The number of rotatable bonds is 11. The van der Waals surface area contributed by atoms with Crippen molar-refractivity contribution in [1.29, 1.82) is 0 Å². The summed E-state index contributed by atoms with van der Waals surface area (Å²) in [6.45, 7) is 1.36. The van der Waals surface area contributed by atoms with Crippen LogP contribution >= 0.6 is 0 Å². The van der Waals surface area contributed by atoms with Gasteiger partial charge in [0.25, 0.3) is 0 Å². The number of carboxylic acid groups (broad SMARTS) is 1. The minimum Gasteiger partial charge on any atom is -0.465 e. The molecule has 0 spiro atoms. The minimum atomic E-state index is -1.08. The molecule has 1 atom stereocenters. The molecule has 0 unspecified atom stereocenters. The number of nitrogens with one attached hydrogen (secondary N) is 2. The number of amides is 4. The second-order valence-corrected chi connectivity index (χ2v) is 9.95. The van der Waals surface area contributed by atoms with Crippen LogP contribution in [0.4, 0.5) is 24.3 Å². The average Bonchev–Trinajstić information content (AvgIpc) is 3.48. The number of nitrogens with zero attached hydrogens (tertiary/aromatic N) is 4. The normalized spacial score (nSPS) is 13.7. The fourth-order valence-corrected chi connectivity index (χ4v) is 4.62. The standard InChI is InChI=1S/C29H32F2N6O7/c1-19(38)37(32-17-21-8-5-9-23(30)27(21)31)22(10-11-26(39)35-12-14-36(15-13-35)29(41)42)18-43-28(40)33-25-16-24(34-44-25)20-6-3-2-4-7-20/h2-9,16,22,32H,10-15,17-18H2,1H3,(H,33,40)(H,41,42)/t22-/m0/s1. The third-order valence-corrected chi connectivity index (χ3v) is 6.98. The number of aromatic nitrogens is 1. The maximum absolute atomic E-state index is 14.3. The topological polar surface area (TPSA) is 158 Å². The molecule has 2 aromatic carbocycles. The summed E-state index contributed by atoms with van der Waals surface area (Å²) in [4.78, 5) is 52.1. The summed E-state index contributed by atoms with van der Waals surface area (Å²) in [6, 6.07) is 13.4. The number of hydrogen-bond donors (Lipinski definition) is 3. The van der Waals surface area contributed by atoms with Gasteiger partial charge in [-0.05, 0) is 12.5 Å². The Morgan fingerprint density at radius 2 is 1.75 bits per heavy atom. The van der Waals surface area contributed by atoms with Crippen molar-refractivity contribution >= 4 is 29.9 Å². The second kappa shape index (κ2) is 14.9. The highest BCUT2D eigenvalue weighted by Gasteiger charge is 2.28. The SMILES string of the molecule is CC(=O)N(NCc1cccc(F)c1F)[C@@H](CCC(=O)N1CCN(C(=O)O)CC1)COC(=O)Nc1cc(-c2ccccc2)no1. The Kier molecular flexibility index (Phi) is 10.8. The Hall–Kier alpha value is -5.05. The zero-order chi connectivity index (χ0) is 31.6. The summed E-state index contributed by atoms with van der Waals surface area (Å²) < 4.78 is 38.5. The highest BCUT2D eigenvalue weighted by atomic mass is 19.2. The monoisotopic (exact) mass is 614 g/mol. The fraction of sp³-hybridized carbons (Fsp3) is 0.345. The van der Waals surface area contributed by atoms with Crippen molar-refractivity contribution in [3.05, 3.63) is 71.8 Å². The molecule has 2 heterocycles. The van der Waals surface area contributed by atoms with Crippen molar-refractivity contribution in [3.8, 4) is 11.3 Å². The Labute approximate surface area is 251 Å². The van der Waals surface area contributed by atoms with E-state index >= 15 is 0 Å². The van der Waals surface area contributed by atoms with E-state index in [9.17, 15) is 28.0 Å². The van der Waals surface area contributed by atoms with Gasteiger partial charge in [0.1, 0.15) is 12.3 Å². The molecule has 1 aliphatic rings. The number of hydrazine groups is 1. The van der Waals surface area contributed by atoms with Crippen molar-refractivity contribution in [2.45, 2.75) is 32.4 Å². The van der Waals surface area contributed by atoms with E-state index in [0.717, 1.165) is 16.6 Å². The van der Waals surface area contributed by atoms with Gasteiger partial charge in [0, 0.05) is 63.3 Å². The van der Waals surface area contributed by atoms with Crippen LogP contribution in [0.2, 0.25) is 0 Å². The third-order valence-electron chi connectivity index (χ3n) is 6.98. The summed E-state index contributed by atoms with van der Waals surface area (Å²) >= 11 is 0. The van der Waals surface area contributed by atoms with Crippen LogP contribution in [0.15, 0.2) is 59.1 Å². The molecule has 13 nitrogen and oxygen atoms in total. The minimum absolute atomic E-state index is 0.0178. The van der Waals surface area contributed by atoms with Crippen LogP contribution in [0.25, 0.3) is 11.3 Å². The first-order chi connectivity index (χ1) is 21.1. The van der Waals surface area contributed by atoms with E-state index in [-0.39, 0.29) is 69.5 Å². The van der Waals surface area contributed by atoms with E-state index in [4.69, 9.17) is 14.4 Å². The van der Waals surface area contributed by atoms with E-state index in [1.807, 2.05) is 30.3 Å². The summed E-state index contributed by atoms with van der Waals surface area (Å²) in [5.74, 6) is -2.91. The Morgan fingerprint density at radius 1 is 1.05 bits per heavy atom. The van der Waals surface area contributed by atoms with Gasteiger partial charge >= 0.3 is 12.2 Å². The summed E-state index contributed by atoms with van der Waals surface area (Å²) in [6.07, 6.45) is -2.01. The van der Waals surface area contributed by atoms with Gasteiger partial charge in [0.15, 0.2) is 11.6 Å². The number of carbonyl (C=O) groups excluding carboxylic acids is 3. The molecular weight excluding hydrogens is 582 g/mol. The van der Waals surface area contributed by atoms with Crippen LogP contribution in [-0.2, 0) is 20.9 Å². The summed E-state index contributed by atoms with van der Waals surface area (Å²) in [5, 5.41) is 16.6. The Bertz CT molecular complexity index is 1460. The number of piperazine rings is 1. The van der Waals surface area contributed by atoms with Crippen molar-refractivity contribution < 1.29 is 42.3 Å². The van der Waals surface area contributed by atoms with Crippen LogP contribution in [0, 0.1) is 11.6 Å².